The van der Waals surface area contributed by atoms with Gasteiger partial charge in [-0.3, -0.25) is 0 Å². The molecule has 0 radical (unpaired) electrons. The molecule has 0 fully saturated rings. The molecule has 1 heterocycles. The molecule has 2 aromatic rings. The van der Waals surface area contributed by atoms with Gasteiger partial charge in [0.15, 0.2) is 0 Å². The lowest BCUT2D eigenvalue weighted by atomic mass is 9.93. The fourth-order valence-electron chi connectivity index (χ4n) is 2.08. The SMILES string of the molecule is CC(C)(C)c1csc(CC(N)Cc2cc(F)cc(F)c2)n1. The first-order valence-electron chi connectivity index (χ1n) is 6.89. The van der Waals surface area contributed by atoms with Gasteiger partial charge in [-0.2, -0.15) is 0 Å². The first-order chi connectivity index (χ1) is 9.74. The van der Waals surface area contributed by atoms with Crippen LogP contribution in [0.2, 0.25) is 0 Å². The second kappa shape index (κ2) is 6.20. The molecule has 2 N–H and O–H groups in total. The van der Waals surface area contributed by atoms with Crippen molar-refractivity contribution in [2.24, 2.45) is 5.73 Å². The molecule has 0 amide bonds. The summed E-state index contributed by atoms with van der Waals surface area (Å²) < 4.78 is 26.3. The molecule has 21 heavy (non-hydrogen) atoms. The van der Waals surface area contributed by atoms with E-state index in [0.717, 1.165) is 16.8 Å². The molecular weight excluding hydrogens is 290 g/mol. The van der Waals surface area contributed by atoms with E-state index in [1.807, 2.05) is 5.38 Å². The standard InChI is InChI=1S/C16H20F2N2S/c1-16(2,3)14-9-21-15(20-14)8-13(19)6-10-4-11(17)7-12(18)5-10/h4-5,7,9,13H,6,8,19H2,1-3H3. The third-order valence-corrected chi connectivity index (χ3v) is 4.05. The lowest BCUT2D eigenvalue weighted by Gasteiger charge is -2.14. The molecule has 2 rings (SSSR count). The lowest BCUT2D eigenvalue weighted by molar-refractivity contribution is 0.565. The maximum absolute atomic E-state index is 13.1. The summed E-state index contributed by atoms with van der Waals surface area (Å²) in [5.41, 5.74) is 7.72. The molecule has 1 unspecified atom stereocenters. The molecule has 5 heteroatoms. The van der Waals surface area contributed by atoms with Crippen LogP contribution in [0.25, 0.3) is 0 Å². The van der Waals surface area contributed by atoms with E-state index in [1.54, 1.807) is 11.3 Å². The highest BCUT2D eigenvalue weighted by Crippen LogP contribution is 2.24. The van der Waals surface area contributed by atoms with E-state index in [9.17, 15) is 8.78 Å². The second-order valence-corrected chi connectivity index (χ2v) is 7.27. The van der Waals surface area contributed by atoms with Crippen LogP contribution in [-0.2, 0) is 18.3 Å². The summed E-state index contributed by atoms with van der Waals surface area (Å²) >= 11 is 1.58. The highest BCUT2D eigenvalue weighted by molar-refractivity contribution is 7.09. The minimum atomic E-state index is -0.568. The van der Waals surface area contributed by atoms with E-state index >= 15 is 0 Å². The quantitative estimate of drug-likeness (QED) is 0.932. The Bertz CT molecular complexity index is 597. The predicted octanol–water partition coefficient (Wildman–Crippen LogP) is 3.83. The summed E-state index contributed by atoms with van der Waals surface area (Å²) in [5.74, 6) is -1.14. The zero-order chi connectivity index (χ0) is 15.6. The summed E-state index contributed by atoms with van der Waals surface area (Å²) in [7, 11) is 0. The van der Waals surface area contributed by atoms with Crippen LogP contribution < -0.4 is 5.73 Å². The van der Waals surface area contributed by atoms with Crippen LogP contribution >= 0.6 is 11.3 Å². The van der Waals surface area contributed by atoms with Crippen molar-refractivity contribution in [2.45, 2.75) is 45.1 Å². The van der Waals surface area contributed by atoms with Crippen molar-refractivity contribution in [2.75, 3.05) is 0 Å². The molecular formula is C16H20F2N2S. The monoisotopic (exact) mass is 310 g/mol. The molecule has 1 atom stereocenters. The van der Waals surface area contributed by atoms with Gasteiger partial charge in [0.2, 0.25) is 0 Å². The Morgan fingerprint density at radius 2 is 1.76 bits per heavy atom. The van der Waals surface area contributed by atoms with E-state index in [2.05, 4.69) is 25.8 Å². The van der Waals surface area contributed by atoms with Crippen molar-refractivity contribution in [1.82, 2.24) is 4.98 Å². The zero-order valence-corrected chi connectivity index (χ0v) is 13.3. The molecule has 1 aromatic carbocycles. The topological polar surface area (TPSA) is 38.9 Å². The van der Waals surface area contributed by atoms with Gasteiger partial charge in [0, 0.05) is 29.3 Å². The lowest BCUT2D eigenvalue weighted by Crippen LogP contribution is -2.25. The van der Waals surface area contributed by atoms with Crippen molar-refractivity contribution in [3.05, 3.63) is 51.5 Å². The fraction of sp³-hybridized carbons (Fsp3) is 0.438. The van der Waals surface area contributed by atoms with Gasteiger partial charge in [0.05, 0.1) is 10.7 Å². The van der Waals surface area contributed by atoms with Crippen molar-refractivity contribution in [3.8, 4) is 0 Å². The number of nitrogens with two attached hydrogens (primary N) is 1. The van der Waals surface area contributed by atoms with Crippen molar-refractivity contribution >= 4 is 11.3 Å². The maximum atomic E-state index is 13.1. The van der Waals surface area contributed by atoms with Crippen LogP contribution in [0, 0.1) is 11.6 Å². The number of rotatable bonds is 4. The smallest absolute Gasteiger partial charge is 0.126 e. The molecule has 0 bridgehead atoms. The van der Waals surface area contributed by atoms with Crippen LogP contribution in [-0.4, -0.2) is 11.0 Å². The van der Waals surface area contributed by atoms with E-state index in [1.165, 1.54) is 12.1 Å². The number of hydrogen-bond acceptors (Lipinski definition) is 3. The van der Waals surface area contributed by atoms with E-state index < -0.39 is 11.6 Å². The first-order valence-corrected chi connectivity index (χ1v) is 7.77. The highest BCUT2D eigenvalue weighted by Gasteiger charge is 2.18. The van der Waals surface area contributed by atoms with E-state index in [0.29, 0.717) is 18.4 Å². The van der Waals surface area contributed by atoms with Gasteiger partial charge in [-0.15, -0.1) is 11.3 Å². The van der Waals surface area contributed by atoms with Crippen LogP contribution in [0.4, 0.5) is 8.78 Å². The summed E-state index contributed by atoms with van der Waals surface area (Å²) in [6.07, 6.45) is 1.04. The number of thiazole rings is 1. The van der Waals surface area contributed by atoms with Crippen molar-refractivity contribution in [1.29, 1.82) is 0 Å². The Morgan fingerprint density at radius 1 is 1.14 bits per heavy atom. The van der Waals surface area contributed by atoms with Gasteiger partial charge < -0.3 is 5.73 Å². The van der Waals surface area contributed by atoms with Gasteiger partial charge in [0.1, 0.15) is 11.6 Å². The van der Waals surface area contributed by atoms with E-state index in [4.69, 9.17) is 5.73 Å². The molecule has 114 valence electrons. The molecule has 2 nitrogen and oxygen atoms in total. The van der Waals surface area contributed by atoms with Gasteiger partial charge in [-0.25, -0.2) is 13.8 Å². The number of benzene rings is 1. The number of halogens is 2. The average molecular weight is 310 g/mol. The van der Waals surface area contributed by atoms with Gasteiger partial charge in [-0.05, 0) is 24.1 Å². The molecule has 0 aliphatic carbocycles. The second-order valence-electron chi connectivity index (χ2n) is 6.32. The first kappa shape index (κ1) is 16.0. The minimum Gasteiger partial charge on any atom is -0.327 e. The molecule has 0 aliphatic rings. The molecule has 0 saturated carbocycles. The number of hydrogen-bond donors (Lipinski definition) is 1. The average Bonchev–Trinajstić information content (AvgIpc) is 2.75. The zero-order valence-electron chi connectivity index (χ0n) is 12.5. The molecule has 0 spiro atoms. The highest BCUT2D eigenvalue weighted by atomic mass is 32.1. The van der Waals surface area contributed by atoms with Crippen LogP contribution in [0.5, 0.6) is 0 Å². The normalized spacial score (nSPS) is 13.4. The Balaban J connectivity index is 2.01. The summed E-state index contributed by atoms with van der Waals surface area (Å²) in [4.78, 5) is 4.59. The van der Waals surface area contributed by atoms with E-state index in [-0.39, 0.29) is 11.5 Å². The van der Waals surface area contributed by atoms with Crippen LogP contribution in [0.3, 0.4) is 0 Å². The third kappa shape index (κ3) is 4.58. The number of nitrogens with zero attached hydrogens (tertiary/aromatic N) is 1. The predicted molar refractivity (Wildman–Crippen MR) is 82.6 cm³/mol. The Labute approximate surface area is 128 Å². The Hall–Kier alpha value is -1.33. The largest absolute Gasteiger partial charge is 0.327 e. The van der Waals surface area contributed by atoms with Gasteiger partial charge in [-0.1, -0.05) is 20.8 Å². The summed E-state index contributed by atoms with van der Waals surface area (Å²) in [6.45, 7) is 6.34. The molecule has 0 saturated heterocycles. The minimum absolute atomic E-state index is 0.0184. The summed E-state index contributed by atoms with van der Waals surface area (Å²) in [6, 6.07) is 3.31. The van der Waals surface area contributed by atoms with Crippen LogP contribution in [0.15, 0.2) is 23.6 Å². The van der Waals surface area contributed by atoms with Gasteiger partial charge in [0.25, 0.3) is 0 Å². The molecule has 0 aliphatic heterocycles. The number of aromatic nitrogens is 1. The summed E-state index contributed by atoms with van der Waals surface area (Å²) in [5, 5.41) is 3.01. The van der Waals surface area contributed by atoms with Gasteiger partial charge >= 0.3 is 0 Å². The Morgan fingerprint density at radius 3 is 2.29 bits per heavy atom. The van der Waals surface area contributed by atoms with Crippen LogP contribution in [0.1, 0.15) is 37.0 Å². The molecule has 1 aromatic heterocycles. The fourth-order valence-corrected chi connectivity index (χ4v) is 3.19. The maximum Gasteiger partial charge on any atom is 0.126 e. The van der Waals surface area contributed by atoms with Crippen molar-refractivity contribution < 1.29 is 8.78 Å². The third-order valence-electron chi connectivity index (χ3n) is 3.18. The Kier molecular flexibility index (Phi) is 4.74. The van der Waals surface area contributed by atoms with Crippen molar-refractivity contribution in [3.63, 3.8) is 0 Å².